The van der Waals surface area contributed by atoms with E-state index in [0.29, 0.717) is 0 Å². The Kier molecular flexibility index (Phi) is 5.66. The maximum absolute atomic E-state index is 3.00. The van der Waals surface area contributed by atoms with E-state index < -0.39 is 0 Å². The highest BCUT2D eigenvalue weighted by atomic mass is 13.9. The van der Waals surface area contributed by atoms with Crippen LogP contribution >= 0.6 is 0 Å². The Labute approximate surface area is 110 Å². The van der Waals surface area contributed by atoms with Crippen LogP contribution in [0.15, 0.2) is 61.7 Å². The summed E-state index contributed by atoms with van der Waals surface area (Å²) in [6.45, 7) is 10.2. The van der Waals surface area contributed by atoms with Gasteiger partial charge in [0.1, 0.15) is 0 Å². The van der Waals surface area contributed by atoms with Crippen LogP contribution in [0, 0.1) is 13.8 Å². The lowest BCUT2D eigenvalue weighted by Crippen LogP contribution is -1.75. The molecule has 0 N–H and O–H groups in total. The maximum Gasteiger partial charge on any atom is -0.0256 e. The van der Waals surface area contributed by atoms with Gasteiger partial charge in [0.2, 0.25) is 0 Å². The summed E-state index contributed by atoms with van der Waals surface area (Å²) in [6.07, 6.45) is 4.29. The second kappa shape index (κ2) is 7.29. The van der Waals surface area contributed by atoms with Crippen LogP contribution in [0.25, 0.3) is 12.2 Å². The maximum atomic E-state index is 3.00. The fourth-order valence-electron chi connectivity index (χ4n) is 1.55. The van der Waals surface area contributed by atoms with Gasteiger partial charge in [-0.25, -0.2) is 0 Å². The zero-order valence-corrected chi connectivity index (χ0v) is 11.2. The minimum atomic E-state index is 1.24. The molecule has 2 aromatic rings. The molecule has 0 nitrogen and oxygen atoms in total. The van der Waals surface area contributed by atoms with Gasteiger partial charge in [-0.3, -0.25) is 0 Å². The average Bonchev–Trinajstić information content (AvgIpc) is 2.42. The summed E-state index contributed by atoms with van der Waals surface area (Å²) in [5.41, 5.74) is 5.08. The largest absolute Gasteiger partial charge is 0.106 e. The van der Waals surface area contributed by atoms with Gasteiger partial charge in [-0.15, -0.1) is 13.2 Å². The summed E-state index contributed by atoms with van der Waals surface area (Å²) in [7, 11) is 0. The van der Waals surface area contributed by atoms with E-state index >= 15 is 0 Å². The number of rotatable bonds is 2. The van der Waals surface area contributed by atoms with Crippen molar-refractivity contribution in [2.24, 2.45) is 0 Å². The van der Waals surface area contributed by atoms with E-state index in [9.17, 15) is 0 Å². The van der Waals surface area contributed by atoms with E-state index in [1.54, 1.807) is 0 Å². The van der Waals surface area contributed by atoms with E-state index in [2.05, 4.69) is 87.7 Å². The molecule has 0 bridgehead atoms. The van der Waals surface area contributed by atoms with Crippen LogP contribution in [0.4, 0.5) is 0 Å². The quantitative estimate of drug-likeness (QED) is 0.492. The Morgan fingerprint density at radius 1 is 0.611 bits per heavy atom. The molecular formula is C18H20. The molecule has 18 heavy (non-hydrogen) atoms. The lowest BCUT2D eigenvalue weighted by molar-refractivity contribution is 1.46. The Hall–Kier alpha value is -2.08. The Morgan fingerprint density at radius 3 is 1.17 bits per heavy atom. The molecule has 0 spiro atoms. The van der Waals surface area contributed by atoms with Crippen LogP contribution in [0.3, 0.4) is 0 Å². The third-order valence-corrected chi connectivity index (χ3v) is 2.62. The number of benzene rings is 2. The molecule has 2 aromatic carbocycles. The smallest absolute Gasteiger partial charge is 0.0256 e. The molecule has 0 aromatic heterocycles. The zero-order chi connectivity index (χ0) is 13.4. The normalized spacial score (nSPS) is 9.89. The third-order valence-electron chi connectivity index (χ3n) is 2.62. The molecule has 0 amide bonds. The number of hydrogen-bond acceptors (Lipinski definition) is 0. The van der Waals surface area contributed by atoms with E-state index in [1.807, 2.05) is 0 Å². The minimum Gasteiger partial charge on any atom is -0.106 e. The molecule has 0 fully saturated rings. The van der Waals surface area contributed by atoms with E-state index in [1.165, 1.54) is 22.3 Å². The van der Waals surface area contributed by atoms with Gasteiger partial charge >= 0.3 is 0 Å². The van der Waals surface area contributed by atoms with Crippen molar-refractivity contribution in [2.45, 2.75) is 13.8 Å². The van der Waals surface area contributed by atoms with E-state index in [4.69, 9.17) is 0 Å². The van der Waals surface area contributed by atoms with Crippen molar-refractivity contribution in [3.63, 3.8) is 0 Å². The van der Waals surface area contributed by atoms with Gasteiger partial charge in [0, 0.05) is 0 Å². The molecule has 0 heteroatoms. The average molecular weight is 236 g/mol. The third kappa shape index (κ3) is 4.42. The molecule has 0 aliphatic heterocycles. The summed E-state index contributed by atoms with van der Waals surface area (Å²) in [4.78, 5) is 0. The highest BCUT2D eigenvalue weighted by molar-refractivity contribution is 5.69. The van der Waals surface area contributed by atoms with Crippen molar-refractivity contribution in [3.8, 4) is 0 Å². The molecular weight excluding hydrogens is 216 g/mol. The summed E-state index contributed by atoms with van der Waals surface area (Å²) < 4.78 is 0. The topological polar surface area (TPSA) is 0 Å². The van der Waals surface area contributed by atoms with Gasteiger partial charge in [-0.05, 0) is 25.0 Å². The fourth-order valence-corrected chi connectivity index (χ4v) is 1.55. The summed E-state index contributed by atoms with van der Waals surface area (Å²) in [5.74, 6) is 0. The molecule has 0 radical (unpaired) electrons. The van der Waals surface area contributed by atoms with Crippen molar-refractivity contribution in [3.05, 3.63) is 83.9 Å². The highest BCUT2D eigenvalue weighted by Crippen LogP contribution is 2.10. The summed E-state index contributed by atoms with van der Waals surface area (Å²) in [6, 6.07) is 17.1. The predicted molar refractivity (Wildman–Crippen MR) is 82.5 cm³/mol. The van der Waals surface area contributed by atoms with Crippen LogP contribution in [-0.2, 0) is 0 Å². The SMILES string of the molecule is C=C.Cc1ccc(/C=C/c2ccc(C)cc2)cc1. The first kappa shape index (κ1) is 14.0. The first-order chi connectivity index (χ1) is 8.74. The van der Waals surface area contributed by atoms with E-state index in [0.717, 1.165) is 0 Å². The molecule has 0 unspecified atom stereocenters. The van der Waals surface area contributed by atoms with Crippen LogP contribution in [0.2, 0.25) is 0 Å². The van der Waals surface area contributed by atoms with Crippen LogP contribution < -0.4 is 0 Å². The highest BCUT2D eigenvalue weighted by Gasteiger charge is 1.88. The van der Waals surface area contributed by atoms with Crippen LogP contribution in [0.1, 0.15) is 22.3 Å². The van der Waals surface area contributed by atoms with Crippen LogP contribution in [0.5, 0.6) is 0 Å². The zero-order valence-electron chi connectivity index (χ0n) is 11.2. The van der Waals surface area contributed by atoms with Gasteiger partial charge in [0.05, 0.1) is 0 Å². The first-order valence-corrected chi connectivity index (χ1v) is 6.05. The summed E-state index contributed by atoms with van der Waals surface area (Å²) in [5, 5.41) is 0. The minimum absolute atomic E-state index is 1.24. The second-order valence-electron chi connectivity index (χ2n) is 4.15. The van der Waals surface area contributed by atoms with Gasteiger partial charge in [-0.1, -0.05) is 71.8 Å². The molecule has 0 aliphatic rings. The molecule has 92 valence electrons. The molecule has 0 heterocycles. The van der Waals surface area contributed by atoms with Gasteiger partial charge in [-0.2, -0.15) is 0 Å². The van der Waals surface area contributed by atoms with Crippen molar-refractivity contribution >= 4 is 12.2 Å². The molecule has 2 rings (SSSR count). The van der Waals surface area contributed by atoms with Gasteiger partial charge in [0.25, 0.3) is 0 Å². The lowest BCUT2D eigenvalue weighted by Gasteiger charge is -1.96. The lowest BCUT2D eigenvalue weighted by atomic mass is 10.1. The Balaban J connectivity index is 0.000000771. The molecule has 0 saturated heterocycles. The predicted octanol–water partition coefficient (Wildman–Crippen LogP) is 5.28. The van der Waals surface area contributed by atoms with Gasteiger partial charge in [0.15, 0.2) is 0 Å². The fraction of sp³-hybridized carbons (Fsp3) is 0.111. The van der Waals surface area contributed by atoms with Crippen molar-refractivity contribution < 1.29 is 0 Å². The van der Waals surface area contributed by atoms with Crippen molar-refractivity contribution in [1.82, 2.24) is 0 Å². The number of hydrogen-bond donors (Lipinski definition) is 0. The van der Waals surface area contributed by atoms with Crippen molar-refractivity contribution in [2.75, 3.05) is 0 Å². The first-order valence-electron chi connectivity index (χ1n) is 6.05. The Bertz CT molecular complexity index is 439. The second-order valence-corrected chi connectivity index (χ2v) is 4.15. The molecule has 0 aliphatic carbocycles. The molecule has 0 saturated carbocycles. The van der Waals surface area contributed by atoms with E-state index in [-0.39, 0.29) is 0 Å². The standard InChI is InChI=1S/C16H16.C2H4/c1-13-3-7-15(8-4-13)11-12-16-9-5-14(2)6-10-16;1-2/h3-12H,1-2H3;1-2H2/b12-11+;. The Morgan fingerprint density at radius 2 is 0.889 bits per heavy atom. The molecule has 0 atom stereocenters. The number of aryl methyl sites for hydroxylation is 2. The van der Waals surface area contributed by atoms with Crippen LogP contribution in [-0.4, -0.2) is 0 Å². The van der Waals surface area contributed by atoms with Gasteiger partial charge < -0.3 is 0 Å². The monoisotopic (exact) mass is 236 g/mol. The van der Waals surface area contributed by atoms with Crippen molar-refractivity contribution in [1.29, 1.82) is 0 Å². The summed E-state index contributed by atoms with van der Waals surface area (Å²) >= 11 is 0.